The molecule has 0 fully saturated rings. The maximum atomic E-state index is 12.3. The number of likely N-dealkylation sites (N-methyl/N-ethyl adjacent to an activating group) is 1. The van der Waals surface area contributed by atoms with Crippen LogP contribution in [-0.2, 0) is 24.5 Å². The van der Waals surface area contributed by atoms with Crippen molar-refractivity contribution in [1.29, 1.82) is 0 Å². The van der Waals surface area contributed by atoms with E-state index in [0.29, 0.717) is 31.2 Å². The Labute approximate surface area is 178 Å². The third-order valence-corrected chi connectivity index (χ3v) is 4.77. The van der Waals surface area contributed by atoms with Gasteiger partial charge in [0, 0.05) is 12.1 Å². The van der Waals surface area contributed by atoms with Crippen LogP contribution >= 0.6 is 0 Å². The van der Waals surface area contributed by atoms with Crippen LogP contribution in [0.25, 0.3) is 0 Å². The van der Waals surface area contributed by atoms with Gasteiger partial charge in [-0.1, -0.05) is 66.7 Å². The van der Waals surface area contributed by atoms with Gasteiger partial charge in [0.05, 0.1) is 14.2 Å². The van der Waals surface area contributed by atoms with Crippen LogP contribution in [0.3, 0.4) is 0 Å². The number of carbonyl (C=O) groups is 1. The predicted octanol–water partition coefficient (Wildman–Crippen LogP) is 2.61. The zero-order chi connectivity index (χ0) is 21.2. The molecule has 0 spiro atoms. The maximum absolute atomic E-state index is 12.3. The van der Waals surface area contributed by atoms with Crippen molar-refractivity contribution >= 4 is 5.91 Å². The summed E-state index contributed by atoms with van der Waals surface area (Å²) in [5, 5.41) is 2.99. The molecular weight excluding hydrogens is 376 g/mol. The number of nitrogens with one attached hydrogen (secondary N) is 2. The summed E-state index contributed by atoms with van der Waals surface area (Å²) in [5.74, 6) is 1.36. The standard InChI is InChI=1S/C25H28N2O3/c1-27(17-20-9-5-3-6-10-20)18-25(28)26-16-22-13-14-23(24(15-22)29-2)30-19-21-11-7-4-8-12-21/h3-15H,16-19H2,1-2H3,(H,26,28)/p+1. The number of carbonyl (C=O) groups excluding carboxylic acids is 1. The first-order chi connectivity index (χ1) is 14.6. The number of ether oxygens (including phenoxy) is 2. The Morgan fingerprint density at radius 1 is 0.867 bits per heavy atom. The Morgan fingerprint density at radius 3 is 2.20 bits per heavy atom. The molecule has 5 nitrogen and oxygen atoms in total. The predicted molar refractivity (Wildman–Crippen MR) is 118 cm³/mol. The van der Waals surface area contributed by atoms with Gasteiger partial charge in [-0.05, 0) is 23.3 Å². The normalized spacial score (nSPS) is 11.5. The molecule has 0 aromatic heterocycles. The van der Waals surface area contributed by atoms with E-state index in [1.807, 2.05) is 73.8 Å². The molecule has 0 aliphatic carbocycles. The summed E-state index contributed by atoms with van der Waals surface area (Å²) in [7, 11) is 3.64. The lowest BCUT2D eigenvalue weighted by Crippen LogP contribution is -3.08. The van der Waals surface area contributed by atoms with Crippen molar-refractivity contribution in [3.8, 4) is 11.5 Å². The van der Waals surface area contributed by atoms with Gasteiger partial charge in [0.1, 0.15) is 13.2 Å². The number of quaternary nitrogens is 1. The van der Waals surface area contributed by atoms with Crippen molar-refractivity contribution in [1.82, 2.24) is 5.32 Å². The average Bonchev–Trinajstić information content (AvgIpc) is 2.77. The Balaban J connectivity index is 1.49. The van der Waals surface area contributed by atoms with E-state index in [1.165, 1.54) is 5.56 Å². The third kappa shape index (κ3) is 6.64. The fraction of sp³-hybridized carbons (Fsp3) is 0.240. The first-order valence-corrected chi connectivity index (χ1v) is 10.1. The first-order valence-electron chi connectivity index (χ1n) is 10.1. The molecule has 0 bridgehead atoms. The molecule has 0 saturated heterocycles. The second kappa shape index (κ2) is 11.0. The molecule has 0 aliphatic rings. The van der Waals surface area contributed by atoms with Gasteiger partial charge in [-0.15, -0.1) is 0 Å². The highest BCUT2D eigenvalue weighted by molar-refractivity contribution is 5.76. The molecular formula is C25H29N2O3+. The molecule has 1 amide bonds. The molecule has 0 aliphatic heterocycles. The van der Waals surface area contributed by atoms with Gasteiger partial charge >= 0.3 is 0 Å². The molecule has 2 N–H and O–H groups in total. The summed E-state index contributed by atoms with van der Waals surface area (Å²) in [6.07, 6.45) is 0. The fourth-order valence-corrected chi connectivity index (χ4v) is 3.22. The van der Waals surface area contributed by atoms with Crippen LogP contribution in [0.15, 0.2) is 78.9 Å². The second-order valence-corrected chi connectivity index (χ2v) is 7.33. The largest absolute Gasteiger partial charge is 0.493 e. The molecule has 30 heavy (non-hydrogen) atoms. The average molecular weight is 406 g/mol. The summed E-state index contributed by atoms with van der Waals surface area (Å²) in [6, 6.07) is 25.9. The van der Waals surface area contributed by atoms with Gasteiger partial charge in [-0.2, -0.15) is 0 Å². The molecule has 3 rings (SSSR count). The van der Waals surface area contributed by atoms with Gasteiger partial charge in [0.15, 0.2) is 18.0 Å². The summed E-state index contributed by atoms with van der Waals surface area (Å²) in [6.45, 7) is 2.16. The van der Waals surface area contributed by atoms with Crippen LogP contribution in [0, 0.1) is 0 Å². The summed E-state index contributed by atoms with van der Waals surface area (Å²) in [5.41, 5.74) is 3.28. The van der Waals surface area contributed by atoms with E-state index in [1.54, 1.807) is 7.11 Å². The summed E-state index contributed by atoms with van der Waals surface area (Å²) < 4.78 is 11.4. The third-order valence-electron chi connectivity index (χ3n) is 4.77. The van der Waals surface area contributed by atoms with E-state index in [-0.39, 0.29) is 5.91 Å². The Kier molecular flexibility index (Phi) is 7.86. The van der Waals surface area contributed by atoms with Crippen molar-refractivity contribution in [2.24, 2.45) is 0 Å². The molecule has 156 valence electrons. The topological polar surface area (TPSA) is 52.0 Å². The van der Waals surface area contributed by atoms with Crippen molar-refractivity contribution in [2.75, 3.05) is 20.7 Å². The monoisotopic (exact) mass is 405 g/mol. The molecule has 0 heterocycles. The number of methoxy groups -OCH3 is 1. The SMILES string of the molecule is COc1cc(CNC(=O)C[NH+](C)Cc2ccccc2)ccc1OCc1ccccc1. The quantitative estimate of drug-likeness (QED) is 0.545. The Hall–Kier alpha value is -3.31. The van der Waals surface area contributed by atoms with Gasteiger partial charge in [0.2, 0.25) is 0 Å². The van der Waals surface area contributed by atoms with Crippen LogP contribution in [0.4, 0.5) is 0 Å². The van der Waals surface area contributed by atoms with E-state index in [2.05, 4.69) is 17.4 Å². The smallest absolute Gasteiger partial charge is 0.275 e. The van der Waals surface area contributed by atoms with Crippen molar-refractivity contribution in [3.05, 3.63) is 95.6 Å². The number of amides is 1. The van der Waals surface area contributed by atoms with Crippen LogP contribution in [-0.4, -0.2) is 26.6 Å². The number of benzene rings is 3. The minimum Gasteiger partial charge on any atom is -0.493 e. The zero-order valence-corrected chi connectivity index (χ0v) is 17.6. The van der Waals surface area contributed by atoms with Crippen molar-refractivity contribution in [3.63, 3.8) is 0 Å². The van der Waals surface area contributed by atoms with Crippen LogP contribution in [0.5, 0.6) is 11.5 Å². The highest BCUT2D eigenvalue weighted by Gasteiger charge is 2.11. The minimum atomic E-state index is 0.0202. The van der Waals surface area contributed by atoms with Crippen molar-refractivity contribution < 1.29 is 19.2 Å². The second-order valence-electron chi connectivity index (χ2n) is 7.33. The highest BCUT2D eigenvalue weighted by atomic mass is 16.5. The van der Waals surface area contributed by atoms with Gasteiger partial charge in [-0.3, -0.25) is 4.79 Å². The van der Waals surface area contributed by atoms with Gasteiger partial charge < -0.3 is 19.7 Å². The van der Waals surface area contributed by atoms with E-state index in [4.69, 9.17) is 9.47 Å². The zero-order valence-electron chi connectivity index (χ0n) is 17.6. The summed E-state index contributed by atoms with van der Waals surface area (Å²) in [4.78, 5) is 13.4. The van der Waals surface area contributed by atoms with E-state index in [9.17, 15) is 4.79 Å². The highest BCUT2D eigenvalue weighted by Crippen LogP contribution is 2.28. The van der Waals surface area contributed by atoms with Crippen LogP contribution in [0.2, 0.25) is 0 Å². The lowest BCUT2D eigenvalue weighted by atomic mass is 10.2. The van der Waals surface area contributed by atoms with E-state index >= 15 is 0 Å². The lowest BCUT2D eigenvalue weighted by molar-refractivity contribution is -0.885. The first kappa shape index (κ1) is 21.4. The number of hydrogen-bond donors (Lipinski definition) is 2. The number of rotatable bonds is 10. The Bertz CT molecular complexity index is 930. The Morgan fingerprint density at radius 2 is 1.53 bits per heavy atom. The van der Waals surface area contributed by atoms with E-state index < -0.39 is 0 Å². The van der Waals surface area contributed by atoms with Crippen molar-refractivity contribution in [2.45, 2.75) is 19.7 Å². The van der Waals surface area contributed by atoms with Gasteiger partial charge in [-0.25, -0.2) is 0 Å². The molecule has 1 unspecified atom stereocenters. The minimum absolute atomic E-state index is 0.0202. The molecule has 1 atom stereocenters. The molecule has 0 radical (unpaired) electrons. The van der Waals surface area contributed by atoms with Crippen LogP contribution in [0.1, 0.15) is 16.7 Å². The molecule has 3 aromatic rings. The van der Waals surface area contributed by atoms with E-state index in [0.717, 1.165) is 22.6 Å². The molecule has 0 saturated carbocycles. The lowest BCUT2D eigenvalue weighted by Gasteiger charge is -2.15. The summed E-state index contributed by atoms with van der Waals surface area (Å²) >= 11 is 0. The molecule has 3 aromatic carbocycles. The van der Waals surface area contributed by atoms with Crippen LogP contribution < -0.4 is 19.7 Å². The molecule has 5 heteroatoms. The maximum Gasteiger partial charge on any atom is 0.275 e. The number of hydrogen-bond acceptors (Lipinski definition) is 3. The van der Waals surface area contributed by atoms with Gasteiger partial charge in [0.25, 0.3) is 5.91 Å². The fourth-order valence-electron chi connectivity index (χ4n) is 3.22.